The van der Waals surface area contributed by atoms with Crippen molar-refractivity contribution in [2.75, 3.05) is 4.90 Å². The van der Waals surface area contributed by atoms with E-state index in [9.17, 15) is 0 Å². The van der Waals surface area contributed by atoms with E-state index in [1.807, 2.05) is 0 Å². The summed E-state index contributed by atoms with van der Waals surface area (Å²) < 4.78 is 0. The Hall–Kier alpha value is -8.00. The standard InChI is InChI=1S/C64H47N/c1-63(45-24-8-4-9-25-45)58-35-19-16-32-53(58)55-40-38-47(42-60(55)63)65(48-39-41-56-54-33-17-20-36-59(54)64(2,61(56)43-48)46-26-10-5-11-27-46)62-37-21-18-34-57(62)52-31-15-14-30-51(52)50-29-13-12-28-49(50)44-22-6-3-7-23-44/h3-43H,1-2H3. The largest absolute Gasteiger partial charge is 0.310 e. The minimum absolute atomic E-state index is 0.354. The van der Waals surface area contributed by atoms with Crippen LogP contribution in [0.15, 0.2) is 249 Å². The number of nitrogens with zero attached hydrogens (tertiary/aromatic N) is 1. The number of fused-ring (bicyclic) bond motifs is 6. The lowest BCUT2D eigenvalue weighted by Crippen LogP contribution is -2.23. The average Bonchev–Trinajstić information content (AvgIpc) is 3.80. The third-order valence-corrected chi connectivity index (χ3v) is 14.5. The van der Waals surface area contributed by atoms with E-state index in [1.165, 1.54) is 83.5 Å². The number of para-hydroxylation sites is 1. The molecule has 0 saturated carbocycles. The molecule has 0 saturated heterocycles. The third-order valence-electron chi connectivity index (χ3n) is 14.5. The number of hydrogen-bond acceptors (Lipinski definition) is 1. The van der Waals surface area contributed by atoms with Crippen LogP contribution in [0.3, 0.4) is 0 Å². The topological polar surface area (TPSA) is 3.24 Å². The average molecular weight is 830 g/mol. The fraction of sp³-hybridized carbons (Fsp3) is 0.0625. The van der Waals surface area contributed by atoms with Gasteiger partial charge in [0.1, 0.15) is 0 Å². The lowest BCUT2D eigenvalue weighted by molar-refractivity contribution is 0.713. The van der Waals surface area contributed by atoms with Crippen LogP contribution in [-0.4, -0.2) is 0 Å². The predicted molar refractivity (Wildman–Crippen MR) is 272 cm³/mol. The normalized spacial score (nSPS) is 16.6. The van der Waals surface area contributed by atoms with Gasteiger partial charge in [0.25, 0.3) is 0 Å². The highest BCUT2D eigenvalue weighted by molar-refractivity contribution is 5.98. The fourth-order valence-electron chi connectivity index (χ4n) is 11.3. The van der Waals surface area contributed by atoms with Crippen LogP contribution in [0.5, 0.6) is 0 Å². The van der Waals surface area contributed by atoms with Gasteiger partial charge >= 0.3 is 0 Å². The summed E-state index contributed by atoms with van der Waals surface area (Å²) in [7, 11) is 0. The van der Waals surface area contributed by atoms with Gasteiger partial charge in [-0.1, -0.05) is 218 Å². The van der Waals surface area contributed by atoms with E-state index in [0.29, 0.717) is 0 Å². The molecule has 0 spiro atoms. The molecule has 308 valence electrons. The highest BCUT2D eigenvalue weighted by atomic mass is 15.1. The summed E-state index contributed by atoms with van der Waals surface area (Å²) in [5.74, 6) is 0. The van der Waals surface area contributed by atoms with Gasteiger partial charge in [-0.2, -0.15) is 0 Å². The van der Waals surface area contributed by atoms with Gasteiger partial charge in [0.15, 0.2) is 0 Å². The Kier molecular flexibility index (Phi) is 9.14. The summed E-state index contributed by atoms with van der Waals surface area (Å²) in [5, 5.41) is 0. The molecular weight excluding hydrogens is 783 g/mol. The Balaban J connectivity index is 1.11. The second kappa shape index (κ2) is 15.4. The van der Waals surface area contributed by atoms with Gasteiger partial charge in [0, 0.05) is 27.8 Å². The van der Waals surface area contributed by atoms with Gasteiger partial charge in [0.05, 0.1) is 5.69 Å². The lowest BCUT2D eigenvalue weighted by atomic mass is 9.74. The molecule has 2 aliphatic rings. The van der Waals surface area contributed by atoms with E-state index in [0.717, 1.165) is 22.6 Å². The van der Waals surface area contributed by atoms with Crippen molar-refractivity contribution in [1.82, 2.24) is 0 Å². The molecule has 65 heavy (non-hydrogen) atoms. The minimum atomic E-state index is -0.354. The van der Waals surface area contributed by atoms with Crippen molar-refractivity contribution in [3.8, 4) is 55.6 Å². The summed E-state index contributed by atoms with van der Waals surface area (Å²) in [6.07, 6.45) is 0. The maximum Gasteiger partial charge on any atom is 0.0540 e. The molecule has 2 aliphatic carbocycles. The van der Waals surface area contributed by atoms with Crippen molar-refractivity contribution in [3.63, 3.8) is 0 Å². The molecule has 0 heterocycles. The smallest absolute Gasteiger partial charge is 0.0540 e. The summed E-state index contributed by atoms with van der Waals surface area (Å²) in [6, 6.07) is 92.0. The number of rotatable bonds is 8. The van der Waals surface area contributed by atoms with E-state index in [4.69, 9.17) is 0 Å². The molecule has 2 atom stereocenters. The molecular formula is C64H47N. The molecule has 0 amide bonds. The van der Waals surface area contributed by atoms with Gasteiger partial charge in [-0.05, 0) is 128 Å². The Morgan fingerprint density at radius 1 is 0.262 bits per heavy atom. The summed E-state index contributed by atoms with van der Waals surface area (Å²) in [4.78, 5) is 2.53. The Bertz CT molecular complexity index is 3260. The Morgan fingerprint density at radius 2 is 0.600 bits per heavy atom. The number of anilines is 3. The van der Waals surface area contributed by atoms with Gasteiger partial charge in [0.2, 0.25) is 0 Å². The van der Waals surface area contributed by atoms with Crippen molar-refractivity contribution in [2.24, 2.45) is 0 Å². The third kappa shape index (κ3) is 6.00. The zero-order valence-electron chi connectivity index (χ0n) is 36.6. The summed E-state index contributed by atoms with van der Waals surface area (Å²) in [5.41, 5.74) is 22.8. The SMILES string of the molecule is CC1(c2ccccc2)c2ccccc2-c2ccc(N(c3ccc4c(c3)C(C)(c3ccccc3)c3ccccc3-4)c3ccccc3-c3ccccc3-c3ccccc3-c3ccccc3)cc21. The first-order valence-electron chi connectivity index (χ1n) is 22.8. The predicted octanol–water partition coefficient (Wildman–Crippen LogP) is 16.8. The maximum atomic E-state index is 2.53. The molecule has 10 aromatic carbocycles. The van der Waals surface area contributed by atoms with Crippen LogP contribution in [-0.2, 0) is 10.8 Å². The molecule has 1 nitrogen and oxygen atoms in total. The van der Waals surface area contributed by atoms with Crippen LogP contribution in [0.4, 0.5) is 17.1 Å². The van der Waals surface area contributed by atoms with Crippen LogP contribution < -0.4 is 4.90 Å². The zero-order valence-corrected chi connectivity index (χ0v) is 36.6. The first kappa shape index (κ1) is 38.7. The molecule has 0 aliphatic heterocycles. The Morgan fingerprint density at radius 3 is 1.09 bits per heavy atom. The van der Waals surface area contributed by atoms with Gasteiger partial charge in [-0.25, -0.2) is 0 Å². The zero-order chi connectivity index (χ0) is 43.5. The number of benzene rings is 10. The van der Waals surface area contributed by atoms with E-state index in [1.54, 1.807) is 0 Å². The quantitative estimate of drug-likeness (QED) is 0.147. The van der Waals surface area contributed by atoms with E-state index in [2.05, 4.69) is 267 Å². The highest BCUT2D eigenvalue weighted by Gasteiger charge is 2.43. The number of hydrogen-bond donors (Lipinski definition) is 0. The highest BCUT2D eigenvalue weighted by Crippen LogP contribution is 2.57. The molecule has 0 fully saturated rings. The lowest BCUT2D eigenvalue weighted by Gasteiger charge is -2.33. The van der Waals surface area contributed by atoms with Crippen molar-refractivity contribution >= 4 is 17.1 Å². The monoisotopic (exact) mass is 829 g/mol. The van der Waals surface area contributed by atoms with Crippen LogP contribution in [0.25, 0.3) is 55.6 Å². The molecule has 10 aromatic rings. The molecule has 12 rings (SSSR count). The molecule has 0 bridgehead atoms. The second-order valence-electron chi connectivity index (χ2n) is 17.8. The summed E-state index contributed by atoms with van der Waals surface area (Å²) in [6.45, 7) is 4.82. The van der Waals surface area contributed by atoms with Crippen LogP contribution in [0.1, 0.15) is 47.2 Å². The van der Waals surface area contributed by atoms with E-state index < -0.39 is 0 Å². The summed E-state index contributed by atoms with van der Waals surface area (Å²) >= 11 is 0. The molecule has 1 heteroatoms. The molecule has 0 aromatic heterocycles. The van der Waals surface area contributed by atoms with E-state index >= 15 is 0 Å². The van der Waals surface area contributed by atoms with Crippen molar-refractivity contribution in [3.05, 3.63) is 282 Å². The van der Waals surface area contributed by atoms with Crippen LogP contribution in [0.2, 0.25) is 0 Å². The second-order valence-corrected chi connectivity index (χ2v) is 17.8. The van der Waals surface area contributed by atoms with Crippen LogP contribution in [0, 0.1) is 0 Å². The minimum Gasteiger partial charge on any atom is -0.310 e. The fourth-order valence-corrected chi connectivity index (χ4v) is 11.3. The van der Waals surface area contributed by atoms with Crippen molar-refractivity contribution in [1.29, 1.82) is 0 Å². The maximum absolute atomic E-state index is 2.53. The Labute approximate surface area is 382 Å². The molecule has 0 N–H and O–H groups in total. The van der Waals surface area contributed by atoms with Gasteiger partial charge < -0.3 is 4.90 Å². The van der Waals surface area contributed by atoms with Crippen LogP contribution >= 0.6 is 0 Å². The van der Waals surface area contributed by atoms with Gasteiger partial charge in [-0.15, -0.1) is 0 Å². The first-order valence-corrected chi connectivity index (χ1v) is 22.8. The van der Waals surface area contributed by atoms with Crippen molar-refractivity contribution < 1.29 is 0 Å². The van der Waals surface area contributed by atoms with Crippen molar-refractivity contribution in [2.45, 2.75) is 24.7 Å². The van der Waals surface area contributed by atoms with E-state index in [-0.39, 0.29) is 10.8 Å². The molecule has 0 radical (unpaired) electrons. The van der Waals surface area contributed by atoms with Gasteiger partial charge in [-0.3, -0.25) is 0 Å². The first-order chi connectivity index (χ1) is 32.0. The molecule has 2 unspecified atom stereocenters.